The van der Waals surface area contributed by atoms with Crippen LogP contribution in [0.1, 0.15) is 13.8 Å². The largest absolute Gasteiger partial charge is 0.258 e. The van der Waals surface area contributed by atoms with Crippen molar-refractivity contribution < 1.29 is 0 Å². The molecule has 0 saturated carbocycles. The molecule has 62 valence electrons. The van der Waals surface area contributed by atoms with Crippen molar-refractivity contribution in [3.8, 4) is 0 Å². The van der Waals surface area contributed by atoms with Crippen LogP contribution in [-0.4, -0.2) is 15.4 Å². The van der Waals surface area contributed by atoms with Crippen molar-refractivity contribution in [3.63, 3.8) is 0 Å². The first-order valence-electron chi connectivity index (χ1n) is 3.97. The number of aromatic amines is 1. The van der Waals surface area contributed by atoms with Crippen LogP contribution < -0.4 is 10.7 Å². The maximum absolute atomic E-state index is 3.98. The highest BCUT2D eigenvalue weighted by atomic mass is 15.3. The second-order valence-corrected chi connectivity index (χ2v) is 3.60. The van der Waals surface area contributed by atoms with Crippen LogP contribution >= 0.6 is 0 Å². The second-order valence-electron chi connectivity index (χ2n) is 3.60. The van der Waals surface area contributed by atoms with Gasteiger partial charge in [-0.05, 0) is 12.2 Å². The Morgan fingerprint density at radius 3 is 3.08 bits per heavy atom. The lowest BCUT2D eigenvalue weighted by Crippen LogP contribution is -2.25. The monoisotopic (exact) mass is 161 g/mol. The van der Waals surface area contributed by atoms with Gasteiger partial charge < -0.3 is 0 Å². The molecule has 1 heterocycles. The Balaban J connectivity index is 2.75. The topological polar surface area (TPSA) is 41.6 Å². The molecule has 1 aliphatic rings. The van der Waals surface area contributed by atoms with E-state index in [1.807, 2.05) is 12.2 Å². The third-order valence-corrected chi connectivity index (χ3v) is 1.90. The molecule has 12 heavy (non-hydrogen) atoms. The van der Waals surface area contributed by atoms with Gasteiger partial charge in [-0.25, -0.2) is 0 Å². The lowest BCUT2D eigenvalue weighted by atomic mass is 9.93. The predicted octanol–water partition coefficient (Wildman–Crippen LogP) is -0.0383. The Morgan fingerprint density at radius 1 is 1.42 bits per heavy atom. The Hall–Kier alpha value is -1.38. The number of hydrogen-bond donors (Lipinski definition) is 1. The van der Waals surface area contributed by atoms with Crippen LogP contribution in [0, 0.1) is 5.41 Å². The Morgan fingerprint density at radius 2 is 2.25 bits per heavy atom. The van der Waals surface area contributed by atoms with Gasteiger partial charge in [0.15, 0.2) is 0 Å². The maximum atomic E-state index is 3.98. The summed E-state index contributed by atoms with van der Waals surface area (Å²) in [7, 11) is 0. The molecule has 1 aromatic heterocycles. The molecule has 1 N–H and O–H groups in total. The average molecular weight is 161 g/mol. The molecule has 0 fully saturated rings. The first-order chi connectivity index (χ1) is 5.67. The van der Waals surface area contributed by atoms with E-state index in [1.165, 1.54) is 0 Å². The van der Waals surface area contributed by atoms with Crippen molar-refractivity contribution >= 4 is 12.2 Å². The molecule has 0 aromatic carbocycles. The van der Waals surface area contributed by atoms with Crippen LogP contribution in [-0.2, 0) is 0 Å². The zero-order valence-corrected chi connectivity index (χ0v) is 7.20. The summed E-state index contributed by atoms with van der Waals surface area (Å²) in [6, 6.07) is 0. The highest BCUT2D eigenvalue weighted by molar-refractivity contribution is 5.44. The van der Waals surface area contributed by atoms with Gasteiger partial charge >= 0.3 is 0 Å². The Bertz CT molecular complexity index is 423. The van der Waals surface area contributed by atoms with E-state index in [2.05, 4.69) is 41.4 Å². The highest BCUT2D eigenvalue weighted by Crippen LogP contribution is 2.18. The number of allylic oxidation sites excluding steroid dienone is 2. The summed E-state index contributed by atoms with van der Waals surface area (Å²) in [4.78, 5) is 0. The second kappa shape index (κ2) is 2.30. The van der Waals surface area contributed by atoms with E-state index in [0.29, 0.717) is 0 Å². The zero-order chi connectivity index (χ0) is 8.60. The van der Waals surface area contributed by atoms with E-state index in [9.17, 15) is 0 Å². The number of fused-ring (bicyclic) bond motifs is 1. The van der Waals surface area contributed by atoms with Gasteiger partial charge in [0.05, 0.1) is 5.35 Å². The van der Waals surface area contributed by atoms with E-state index >= 15 is 0 Å². The third kappa shape index (κ3) is 1.18. The lowest BCUT2D eigenvalue weighted by molar-refractivity contribution is 0.668. The van der Waals surface area contributed by atoms with Crippen molar-refractivity contribution in [1.82, 2.24) is 15.4 Å². The van der Waals surface area contributed by atoms with Crippen LogP contribution in [0.4, 0.5) is 0 Å². The first-order valence-corrected chi connectivity index (χ1v) is 3.97. The molecule has 2 rings (SSSR count). The van der Waals surface area contributed by atoms with Gasteiger partial charge in [-0.1, -0.05) is 31.2 Å². The van der Waals surface area contributed by atoms with E-state index in [4.69, 9.17) is 0 Å². The van der Waals surface area contributed by atoms with Crippen LogP contribution in [0.2, 0.25) is 0 Å². The zero-order valence-electron chi connectivity index (χ0n) is 7.20. The minimum Gasteiger partial charge on any atom is -0.258 e. The molecule has 3 heteroatoms. The van der Waals surface area contributed by atoms with Gasteiger partial charge in [-0.3, -0.25) is 5.10 Å². The van der Waals surface area contributed by atoms with Gasteiger partial charge in [0.2, 0.25) is 0 Å². The average Bonchev–Trinajstić information content (AvgIpc) is 2.31. The first kappa shape index (κ1) is 7.28. The van der Waals surface area contributed by atoms with E-state index in [1.54, 1.807) is 0 Å². The molecule has 0 saturated heterocycles. The summed E-state index contributed by atoms with van der Waals surface area (Å²) in [6.45, 7) is 4.28. The minimum absolute atomic E-state index is 0.0681. The molecule has 0 bridgehead atoms. The summed E-state index contributed by atoms with van der Waals surface area (Å²) in [6.07, 6.45) is 8.26. The minimum atomic E-state index is 0.0681. The number of H-pyrrole nitrogens is 1. The molecule has 1 aliphatic carbocycles. The highest BCUT2D eigenvalue weighted by Gasteiger charge is 2.11. The van der Waals surface area contributed by atoms with Gasteiger partial charge in [-0.15, -0.1) is 5.10 Å². The fourth-order valence-electron chi connectivity index (χ4n) is 1.27. The summed E-state index contributed by atoms with van der Waals surface area (Å²) in [5.41, 5.74) is 0.0681. The third-order valence-electron chi connectivity index (χ3n) is 1.90. The SMILES string of the molecule is CC1(C)C=CC=c2[nH]nnc2=C1. The number of nitrogens with one attached hydrogen (secondary N) is 1. The van der Waals surface area contributed by atoms with Crippen LogP contribution in [0.3, 0.4) is 0 Å². The van der Waals surface area contributed by atoms with Crippen molar-refractivity contribution in [2.45, 2.75) is 13.8 Å². The van der Waals surface area contributed by atoms with Crippen LogP contribution in [0.15, 0.2) is 12.2 Å². The number of rotatable bonds is 0. The predicted molar refractivity (Wildman–Crippen MR) is 47.5 cm³/mol. The Labute approximate surface area is 70.5 Å². The molecular formula is C9H11N3. The molecule has 0 atom stereocenters. The van der Waals surface area contributed by atoms with E-state index < -0.39 is 0 Å². The lowest BCUT2D eigenvalue weighted by Gasteiger charge is -2.11. The summed E-state index contributed by atoms with van der Waals surface area (Å²) < 4.78 is 0. The van der Waals surface area contributed by atoms with Gasteiger partial charge in [-0.2, -0.15) is 0 Å². The van der Waals surface area contributed by atoms with Gasteiger partial charge in [0, 0.05) is 5.41 Å². The van der Waals surface area contributed by atoms with Crippen molar-refractivity contribution in [2.24, 2.45) is 5.41 Å². The van der Waals surface area contributed by atoms with Gasteiger partial charge in [0.1, 0.15) is 5.35 Å². The molecule has 1 aromatic rings. The maximum Gasteiger partial charge on any atom is 0.109 e. The Kier molecular flexibility index (Phi) is 1.40. The normalized spacial score (nSPS) is 18.8. The fraction of sp³-hybridized carbons (Fsp3) is 0.333. The molecule has 0 unspecified atom stereocenters. The quantitative estimate of drug-likeness (QED) is 0.580. The molecule has 3 nitrogen and oxygen atoms in total. The molecule has 0 aliphatic heterocycles. The fourth-order valence-corrected chi connectivity index (χ4v) is 1.27. The molecule has 0 spiro atoms. The molecule has 0 radical (unpaired) electrons. The molecule has 0 amide bonds. The van der Waals surface area contributed by atoms with Crippen molar-refractivity contribution in [3.05, 3.63) is 22.9 Å². The summed E-state index contributed by atoms with van der Waals surface area (Å²) >= 11 is 0. The standard InChI is InChI=1S/C9H11N3/c1-9(2)5-3-4-7-8(6-9)11-12-10-7/h3-6H,1-2H3,(H,10,11). The summed E-state index contributed by atoms with van der Waals surface area (Å²) in [5.74, 6) is 0. The summed E-state index contributed by atoms with van der Waals surface area (Å²) in [5, 5.41) is 12.5. The number of aromatic nitrogens is 3. The van der Waals surface area contributed by atoms with Crippen LogP contribution in [0.25, 0.3) is 12.2 Å². The number of hydrogen-bond acceptors (Lipinski definition) is 2. The number of nitrogens with zero attached hydrogens (tertiary/aromatic N) is 2. The van der Waals surface area contributed by atoms with Gasteiger partial charge in [0.25, 0.3) is 0 Å². The molecular weight excluding hydrogens is 150 g/mol. The van der Waals surface area contributed by atoms with Crippen molar-refractivity contribution in [1.29, 1.82) is 0 Å². The van der Waals surface area contributed by atoms with Crippen LogP contribution in [0.5, 0.6) is 0 Å². The van der Waals surface area contributed by atoms with Crippen molar-refractivity contribution in [2.75, 3.05) is 0 Å². The smallest absolute Gasteiger partial charge is 0.109 e. The van der Waals surface area contributed by atoms with E-state index in [-0.39, 0.29) is 5.41 Å². The van der Waals surface area contributed by atoms with E-state index in [0.717, 1.165) is 10.7 Å².